The summed E-state index contributed by atoms with van der Waals surface area (Å²) in [6, 6.07) is 0.739. The first kappa shape index (κ1) is 15.7. The Balaban J connectivity index is 1.64. The molecule has 0 saturated carbocycles. The highest BCUT2D eigenvalue weighted by Crippen LogP contribution is 2.42. The van der Waals surface area contributed by atoms with Gasteiger partial charge in [0.15, 0.2) is 0 Å². The van der Waals surface area contributed by atoms with Gasteiger partial charge < -0.3 is 14.7 Å². The number of piperidine rings is 1. The first-order valence-electron chi connectivity index (χ1n) is 8.64. The summed E-state index contributed by atoms with van der Waals surface area (Å²) in [5.74, 6) is 0.197. The summed E-state index contributed by atoms with van der Waals surface area (Å²) in [7, 11) is 0. The second-order valence-corrected chi connectivity index (χ2v) is 8.31. The van der Waals surface area contributed by atoms with Gasteiger partial charge in [-0.2, -0.15) is 0 Å². The first-order valence-corrected chi connectivity index (χ1v) is 8.64. The molecular weight excluding hydrogens is 264 g/mol. The molecule has 3 saturated heterocycles. The molecule has 4 heteroatoms. The van der Waals surface area contributed by atoms with Crippen LogP contribution in [-0.2, 0) is 4.74 Å². The molecule has 3 heterocycles. The molecule has 0 radical (unpaired) electrons. The number of rotatable bonds is 2. The third kappa shape index (κ3) is 3.00. The zero-order chi connectivity index (χ0) is 15.3. The van der Waals surface area contributed by atoms with E-state index in [4.69, 9.17) is 4.74 Å². The number of hydrogen-bond donors (Lipinski definition) is 1. The minimum Gasteiger partial charge on any atom is -0.390 e. The SMILES string of the molecule is CC1(C)OC(C)(C)C(CN2CCN3CCCCC3C2)C1O. The van der Waals surface area contributed by atoms with Crippen molar-refractivity contribution in [3.8, 4) is 0 Å². The van der Waals surface area contributed by atoms with E-state index in [-0.39, 0.29) is 17.6 Å². The van der Waals surface area contributed by atoms with Gasteiger partial charge in [0.25, 0.3) is 0 Å². The largest absolute Gasteiger partial charge is 0.390 e. The number of aliphatic hydroxyl groups excluding tert-OH is 1. The van der Waals surface area contributed by atoms with Crippen LogP contribution in [0.5, 0.6) is 0 Å². The molecule has 0 bridgehead atoms. The first-order chi connectivity index (χ1) is 9.79. The second-order valence-electron chi connectivity index (χ2n) is 8.31. The number of fused-ring (bicyclic) bond motifs is 1. The van der Waals surface area contributed by atoms with Crippen LogP contribution in [0.4, 0.5) is 0 Å². The molecular formula is C17H32N2O2. The van der Waals surface area contributed by atoms with Gasteiger partial charge in [-0.3, -0.25) is 4.90 Å². The van der Waals surface area contributed by atoms with Crippen LogP contribution in [0.25, 0.3) is 0 Å². The molecule has 0 aromatic heterocycles. The zero-order valence-corrected chi connectivity index (χ0v) is 14.1. The number of hydrogen-bond acceptors (Lipinski definition) is 4. The Morgan fingerprint density at radius 3 is 2.48 bits per heavy atom. The van der Waals surface area contributed by atoms with Crippen molar-refractivity contribution in [1.29, 1.82) is 0 Å². The normalized spacial score (nSPS) is 40.1. The number of ether oxygens (including phenoxy) is 1. The molecule has 1 N–H and O–H groups in total. The molecule has 3 aliphatic rings. The fraction of sp³-hybridized carbons (Fsp3) is 1.00. The number of nitrogens with zero attached hydrogens (tertiary/aromatic N) is 2. The Morgan fingerprint density at radius 1 is 1.05 bits per heavy atom. The van der Waals surface area contributed by atoms with Gasteiger partial charge >= 0.3 is 0 Å². The maximum absolute atomic E-state index is 10.7. The lowest BCUT2D eigenvalue weighted by atomic mass is 9.84. The molecule has 3 unspecified atom stereocenters. The van der Waals surface area contributed by atoms with E-state index >= 15 is 0 Å². The highest BCUT2D eigenvalue weighted by Gasteiger charge is 2.53. The summed E-state index contributed by atoms with van der Waals surface area (Å²) in [5.41, 5.74) is -0.673. The van der Waals surface area contributed by atoms with Gasteiger partial charge in [-0.15, -0.1) is 0 Å². The van der Waals surface area contributed by atoms with E-state index in [1.54, 1.807) is 0 Å². The van der Waals surface area contributed by atoms with Crippen molar-refractivity contribution < 1.29 is 9.84 Å². The van der Waals surface area contributed by atoms with Crippen molar-refractivity contribution in [3.05, 3.63) is 0 Å². The van der Waals surface area contributed by atoms with Crippen LogP contribution in [0.2, 0.25) is 0 Å². The zero-order valence-electron chi connectivity index (χ0n) is 14.1. The van der Waals surface area contributed by atoms with Crippen LogP contribution < -0.4 is 0 Å². The van der Waals surface area contributed by atoms with E-state index < -0.39 is 5.60 Å². The van der Waals surface area contributed by atoms with Crippen molar-refractivity contribution in [2.75, 3.05) is 32.7 Å². The lowest BCUT2D eigenvalue weighted by Gasteiger charge is -2.45. The highest BCUT2D eigenvalue weighted by molar-refractivity contribution is 5.03. The molecule has 0 amide bonds. The quantitative estimate of drug-likeness (QED) is 0.842. The standard InChI is InChI=1S/C17H32N2O2/c1-16(2)14(15(20)17(3,4)21-16)12-18-9-10-19-8-6-5-7-13(19)11-18/h13-15,20H,5-12H2,1-4H3. The Morgan fingerprint density at radius 2 is 1.81 bits per heavy atom. The average molecular weight is 296 g/mol. The second kappa shape index (κ2) is 5.48. The summed E-state index contributed by atoms with van der Waals surface area (Å²) in [5, 5.41) is 10.7. The molecule has 122 valence electrons. The molecule has 4 nitrogen and oxygen atoms in total. The van der Waals surface area contributed by atoms with E-state index in [2.05, 4.69) is 23.6 Å². The van der Waals surface area contributed by atoms with E-state index in [1.807, 2.05) is 13.8 Å². The van der Waals surface area contributed by atoms with Crippen LogP contribution >= 0.6 is 0 Å². The van der Waals surface area contributed by atoms with Crippen molar-refractivity contribution in [1.82, 2.24) is 9.80 Å². The van der Waals surface area contributed by atoms with Gasteiger partial charge in [0.05, 0.1) is 17.3 Å². The van der Waals surface area contributed by atoms with Crippen LogP contribution in [0, 0.1) is 5.92 Å². The molecule has 0 aliphatic carbocycles. The van der Waals surface area contributed by atoms with Gasteiger partial charge in [-0.1, -0.05) is 6.42 Å². The minimum absolute atomic E-state index is 0.197. The maximum atomic E-state index is 10.7. The van der Waals surface area contributed by atoms with E-state index in [0.29, 0.717) is 0 Å². The Kier molecular flexibility index (Phi) is 4.11. The van der Waals surface area contributed by atoms with Crippen LogP contribution in [0.1, 0.15) is 47.0 Å². The van der Waals surface area contributed by atoms with Crippen LogP contribution in [-0.4, -0.2) is 71.0 Å². The van der Waals surface area contributed by atoms with E-state index in [9.17, 15) is 5.11 Å². The smallest absolute Gasteiger partial charge is 0.0896 e. The predicted octanol–water partition coefficient (Wildman–Crippen LogP) is 1.72. The van der Waals surface area contributed by atoms with E-state index in [1.165, 1.54) is 38.9 Å². The molecule has 0 spiro atoms. The Hall–Kier alpha value is -0.160. The van der Waals surface area contributed by atoms with Gasteiger partial charge in [0.2, 0.25) is 0 Å². The lowest BCUT2D eigenvalue weighted by molar-refractivity contribution is -0.0917. The molecule has 3 fully saturated rings. The number of aliphatic hydroxyl groups is 1. The molecule has 3 aliphatic heterocycles. The van der Waals surface area contributed by atoms with Crippen LogP contribution in [0.3, 0.4) is 0 Å². The third-order valence-corrected chi connectivity index (χ3v) is 5.89. The molecule has 3 atom stereocenters. The van der Waals surface area contributed by atoms with Crippen molar-refractivity contribution in [3.63, 3.8) is 0 Å². The van der Waals surface area contributed by atoms with Gasteiger partial charge in [0.1, 0.15) is 0 Å². The lowest BCUT2D eigenvalue weighted by Crippen LogP contribution is -2.57. The molecule has 21 heavy (non-hydrogen) atoms. The van der Waals surface area contributed by atoms with Crippen molar-refractivity contribution in [2.45, 2.75) is 70.3 Å². The van der Waals surface area contributed by atoms with Crippen LogP contribution in [0.15, 0.2) is 0 Å². The summed E-state index contributed by atoms with van der Waals surface area (Å²) >= 11 is 0. The summed E-state index contributed by atoms with van der Waals surface area (Å²) < 4.78 is 6.12. The Bertz CT molecular complexity index is 383. The van der Waals surface area contributed by atoms with Gasteiger partial charge in [0, 0.05) is 38.1 Å². The summed E-state index contributed by atoms with van der Waals surface area (Å²) in [6.45, 7) is 14.0. The van der Waals surface area contributed by atoms with E-state index in [0.717, 1.165) is 19.1 Å². The predicted molar refractivity (Wildman–Crippen MR) is 84.4 cm³/mol. The Labute approximate surface area is 129 Å². The monoisotopic (exact) mass is 296 g/mol. The fourth-order valence-electron chi connectivity index (χ4n) is 4.66. The highest BCUT2D eigenvalue weighted by atomic mass is 16.5. The third-order valence-electron chi connectivity index (χ3n) is 5.89. The summed E-state index contributed by atoms with van der Waals surface area (Å²) in [4.78, 5) is 5.23. The van der Waals surface area contributed by atoms with Crippen molar-refractivity contribution in [2.24, 2.45) is 5.92 Å². The number of piperazine rings is 1. The van der Waals surface area contributed by atoms with Gasteiger partial charge in [-0.25, -0.2) is 0 Å². The molecule has 3 rings (SSSR count). The van der Waals surface area contributed by atoms with Gasteiger partial charge in [-0.05, 0) is 47.1 Å². The maximum Gasteiger partial charge on any atom is 0.0896 e. The topological polar surface area (TPSA) is 35.9 Å². The minimum atomic E-state index is -0.430. The summed E-state index contributed by atoms with van der Waals surface area (Å²) in [6.07, 6.45) is 3.71. The van der Waals surface area contributed by atoms with Crippen molar-refractivity contribution >= 4 is 0 Å². The molecule has 0 aromatic carbocycles. The fourth-order valence-corrected chi connectivity index (χ4v) is 4.66. The average Bonchev–Trinajstić information content (AvgIpc) is 2.57. The molecule has 0 aromatic rings.